The Morgan fingerprint density at radius 1 is 1.04 bits per heavy atom. The van der Waals surface area contributed by atoms with Gasteiger partial charge in [0, 0.05) is 11.4 Å². The van der Waals surface area contributed by atoms with Gasteiger partial charge in [-0.25, -0.2) is 4.79 Å². The predicted molar refractivity (Wildman–Crippen MR) is 110 cm³/mol. The summed E-state index contributed by atoms with van der Waals surface area (Å²) in [5.41, 5.74) is 3.71. The van der Waals surface area contributed by atoms with Gasteiger partial charge in [-0.3, -0.25) is 4.79 Å². The minimum absolute atomic E-state index is 0.0851. The minimum atomic E-state index is -0.648. The van der Waals surface area contributed by atoms with E-state index in [2.05, 4.69) is 5.32 Å². The second-order valence-corrected chi connectivity index (χ2v) is 6.50. The number of Topliss-reactive ketones (excluding diaryl/α,β-unsaturated/α-hetero) is 1. The molecule has 0 aliphatic carbocycles. The molecular formula is C22H24N2O4. The van der Waals surface area contributed by atoms with E-state index in [0.29, 0.717) is 11.3 Å². The first kappa shape index (κ1) is 20.9. The van der Waals surface area contributed by atoms with Gasteiger partial charge in [0.25, 0.3) is 0 Å². The van der Waals surface area contributed by atoms with Gasteiger partial charge in [0.1, 0.15) is 12.4 Å². The van der Waals surface area contributed by atoms with Crippen LogP contribution in [0.15, 0.2) is 53.8 Å². The normalized spacial score (nSPS) is 11.4. The molecule has 6 heteroatoms. The highest BCUT2D eigenvalue weighted by Crippen LogP contribution is 2.25. The van der Waals surface area contributed by atoms with Crippen LogP contribution in [0.3, 0.4) is 0 Å². The maximum absolute atomic E-state index is 12.5. The van der Waals surface area contributed by atoms with Gasteiger partial charge in [0.15, 0.2) is 5.78 Å². The van der Waals surface area contributed by atoms with E-state index >= 15 is 0 Å². The number of rotatable bonds is 7. The van der Waals surface area contributed by atoms with Crippen molar-refractivity contribution in [1.29, 1.82) is 5.41 Å². The molecule has 0 atom stereocenters. The molecule has 3 N–H and O–H groups in total. The molecule has 146 valence electrons. The summed E-state index contributed by atoms with van der Waals surface area (Å²) in [5.74, 6) is -1.54. The number of aliphatic hydroxyl groups excluding tert-OH is 1. The summed E-state index contributed by atoms with van der Waals surface area (Å²) < 4.78 is 5.17. The van der Waals surface area contributed by atoms with Crippen LogP contribution in [0.4, 0.5) is 11.4 Å². The number of hydrogen-bond donors (Lipinski definition) is 3. The number of anilines is 2. The van der Waals surface area contributed by atoms with Crippen LogP contribution in [0.5, 0.6) is 0 Å². The highest BCUT2D eigenvalue weighted by molar-refractivity contribution is 6.20. The number of para-hydroxylation sites is 1. The lowest BCUT2D eigenvalue weighted by atomic mass is 10.1. The molecule has 0 heterocycles. The first-order valence-corrected chi connectivity index (χ1v) is 8.80. The Morgan fingerprint density at radius 3 is 2.32 bits per heavy atom. The number of hydrogen-bond acceptors (Lipinski definition) is 6. The van der Waals surface area contributed by atoms with E-state index in [1.165, 1.54) is 13.8 Å². The first-order chi connectivity index (χ1) is 13.2. The highest BCUT2D eigenvalue weighted by atomic mass is 16.5. The van der Waals surface area contributed by atoms with Crippen molar-refractivity contribution in [2.24, 2.45) is 0 Å². The summed E-state index contributed by atoms with van der Waals surface area (Å²) in [7, 11) is 0. The molecule has 0 fully saturated rings. The molecule has 28 heavy (non-hydrogen) atoms. The molecule has 2 aromatic carbocycles. The van der Waals surface area contributed by atoms with Gasteiger partial charge in [-0.15, -0.1) is 0 Å². The Hall–Kier alpha value is -3.41. The maximum Gasteiger partial charge on any atom is 0.340 e. The predicted octanol–water partition coefficient (Wildman–Crippen LogP) is 4.64. The molecule has 6 nitrogen and oxygen atoms in total. The standard InChI is InChI=1S/C22H24N2O4/c1-13-8-7-11-18(14(13)2)24-19-10-6-5-9-17(19)22(27)28-12-20(26)21(15(3)23)16(4)25/h5-11,23-24,26H,12H2,1-4H3. The first-order valence-electron chi connectivity index (χ1n) is 8.80. The third-order valence-corrected chi connectivity index (χ3v) is 4.38. The highest BCUT2D eigenvalue weighted by Gasteiger charge is 2.17. The van der Waals surface area contributed by atoms with Crippen LogP contribution in [-0.2, 0) is 9.53 Å². The van der Waals surface area contributed by atoms with Crippen molar-refractivity contribution in [2.45, 2.75) is 27.7 Å². The minimum Gasteiger partial charge on any atom is -0.508 e. The number of benzene rings is 2. The second kappa shape index (κ2) is 8.99. The topological polar surface area (TPSA) is 99.5 Å². The van der Waals surface area contributed by atoms with Crippen molar-refractivity contribution in [3.05, 3.63) is 70.5 Å². The molecule has 0 aromatic heterocycles. The lowest BCUT2D eigenvalue weighted by molar-refractivity contribution is -0.113. The largest absolute Gasteiger partial charge is 0.508 e. The summed E-state index contributed by atoms with van der Waals surface area (Å²) in [6, 6.07) is 12.7. The summed E-state index contributed by atoms with van der Waals surface area (Å²) in [6.45, 7) is 6.15. The number of carbonyl (C=O) groups excluding carboxylic acids is 2. The second-order valence-electron chi connectivity index (χ2n) is 6.50. The van der Waals surface area contributed by atoms with Crippen LogP contribution in [-0.4, -0.2) is 29.2 Å². The molecule has 2 rings (SSSR count). The Bertz CT molecular complexity index is 945. The summed E-state index contributed by atoms with van der Waals surface area (Å²) in [6.07, 6.45) is 0. The Labute approximate surface area is 164 Å². The van der Waals surface area contributed by atoms with E-state index in [-0.39, 0.29) is 11.3 Å². The summed E-state index contributed by atoms with van der Waals surface area (Å²) in [5, 5.41) is 20.9. The Morgan fingerprint density at radius 2 is 1.68 bits per heavy atom. The molecule has 2 aromatic rings. The number of ketones is 1. The molecular weight excluding hydrogens is 356 g/mol. The fraction of sp³-hybridized carbons (Fsp3) is 0.227. The molecule has 0 saturated heterocycles. The van der Waals surface area contributed by atoms with Gasteiger partial charge in [-0.2, -0.15) is 0 Å². The van der Waals surface area contributed by atoms with Crippen LogP contribution in [0.2, 0.25) is 0 Å². The van der Waals surface area contributed by atoms with Crippen LogP contribution in [0, 0.1) is 19.3 Å². The zero-order valence-electron chi connectivity index (χ0n) is 16.4. The number of aliphatic hydroxyl groups is 1. The fourth-order valence-corrected chi connectivity index (χ4v) is 2.77. The number of aryl methyl sites for hydroxylation is 1. The van der Waals surface area contributed by atoms with Crippen LogP contribution in [0.1, 0.15) is 35.3 Å². The molecule has 0 bridgehead atoms. The van der Waals surface area contributed by atoms with Gasteiger partial charge in [-0.1, -0.05) is 24.3 Å². The maximum atomic E-state index is 12.5. The van der Waals surface area contributed by atoms with Gasteiger partial charge in [0.05, 0.1) is 16.8 Å². The third-order valence-electron chi connectivity index (χ3n) is 4.38. The molecule has 0 radical (unpaired) electrons. The van der Waals surface area contributed by atoms with Crippen molar-refractivity contribution in [1.82, 2.24) is 0 Å². The Balaban J connectivity index is 2.23. The quantitative estimate of drug-likeness (QED) is 0.281. The van der Waals surface area contributed by atoms with E-state index in [0.717, 1.165) is 16.8 Å². The van der Waals surface area contributed by atoms with E-state index in [4.69, 9.17) is 10.1 Å². The molecule has 0 unspecified atom stereocenters. The number of esters is 1. The number of allylic oxidation sites excluding steroid dienone is 1. The molecule has 0 aliphatic heterocycles. The van der Waals surface area contributed by atoms with Crippen molar-refractivity contribution >= 4 is 28.8 Å². The zero-order chi connectivity index (χ0) is 20.8. The summed E-state index contributed by atoms with van der Waals surface area (Å²) >= 11 is 0. The van der Waals surface area contributed by atoms with Crippen molar-refractivity contribution < 1.29 is 19.4 Å². The van der Waals surface area contributed by atoms with Gasteiger partial charge in [-0.05, 0) is 57.0 Å². The number of carbonyl (C=O) groups is 2. The Kier molecular flexibility index (Phi) is 6.71. The molecule has 0 amide bonds. The van der Waals surface area contributed by atoms with Crippen molar-refractivity contribution in [2.75, 3.05) is 11.9 Å². The van der Waals surface area contributed by atoms with Gasteiger partial charge in [0.2, 0.25) is 0 Å². The lowest BCUT2D eigenvalue weighted by Gasteiger charge is -2.15. The monoisotopic (exact) mass is 380 g/mol. The number of ether oxygens (including phenoxy) is 1. The molecule has 0 aliphatic rings. The van der Waals surface area contributed by atoms with Crippen LogP contribution >= 0.6 is 0 Å². The third kappa shape index (κ3) is 4.85. The van der Waals surface area contributed by atoms with Crippen molar-refractivity contribution in [3.8, 4) is 0 Å². The fourth-order valence-electron chi connectivity index (χ4n) is 2.77. The van der Waals surface area contributed by atoms with Crippen molar-refractivity contribution in [3.63, 3.8) is 0 Å². The summed E-state index contributed by atoms with van der Waals surface area (Å²) in [4.78, 5) is 24.1. The molecule has 0 spiro atoms. The smallest absolute Gasteiger partial charge is 0.340 e. The van der Waals surface area contributed by atoms with E-state index in [9.17, 15) is 14.7 Å². The SMILES string of the molecule is CC(=N)C(C(C)=O)=C(O)COC(=O)c1ccccc1Nc1cccc(C)c1C. The van der Waals surface area contributed by atoms with E-state index < -0.39 is 24.1 Å². The lowest BCUT2D eigenvalue weighted by Crippen LogP contribution is -2.15. The van der Waals surface area contributed by atoms with E-state index in [1.807, 2.05) is 32.0 Å². The van der Waals surface area contributed by atoms with E-state index in [1.54, 1.807) is 24.3 Å². The van der Waals surface area contributed by atoms with Crippen LogP contribution < -0.4 is 5.32 Å². The van der Waals surface area contributed by atoms with Gasteiger partial charge >= 0.3 is 5.97 Å². The average molecular weight is 380 g/mol. The van der Waals surface area contributed by atoms with Crippen LogP contribution in [0.25, 0.3) is 0 Å². The zero-order valence-corrected chi connectivity index (χ0v) is 16.4. The van der Waals surface area contributed by atoms with Gasteiger partial charge < -0.3 is 20.6 Å². The number of nitrogens with one attached hydrogen (secondary N) is 2. The average Bonchev–Trinajstić information content (AvgIpc) is 2.63. The molecule has 0 saturated carbocycles.